The Hall–Kier alpha value is -3.80. The molecule has 0 aliphatic carbocycles. The van der Waals surface area contributed by atoms with Crippen molar-refractivity contribution in [2.75, 3.05) is 0 Å². The number of carbonyl (C=O) groups excluding carboxylic acids is 1. The summed E-state index contributed by atoms with van der Waals surface area (Å²) in [5.74, 6) is -0.258. The van der Waals surface area contributed by atoms with Crippen LogP contribution in [-0.2, 0) is 17.8 Å². The average Bonchev–Trinajstić information content (AvgIpc) is 2.78. The fraction of sp³-hybridized carbons (Fsp3) is 0.167. The quantitative estimate of drug-likeness (QED) is 0.541. The summed E-state index contributed by atoms with van der Waals surface area (Å²) in [6.07, 6.45) is 4.00. The zero-order valence-electron chi connectivity index (χ0n) is 16.7. The molecule has 2 aromatic carbocycles. The van der Waals surface area contributed by atoms with Crippen LogP contribution in [0.3, 0.4) is 0 Å². The summed E-state index contributed by atoms with van der Waals surface area (Å²) >= 11 is 0. The predicted octanol–water partition coefficient (Wildman–Crippen LogP) is 3.26. The fourth-order valence-corrected chi connectivity index (χ4v) is 3.49. The van der Waals surface area contributed by atoms with E-state index >= 15 is 0 Å². The van der Waals surface area contributed by atoms with Gasteiger partial charge >= 0.3 is 0 Å². The molecule has 4 aromatic rings. The Morgan fingerprint density at radius 3 is 2.37 bits per heavy atom. The minimum Gasteiger partial charge on any atom is -0.348 e. The van der Waals surface area contributed by atoms with Crippen molar-refractivity contribution in [2.45, 2.75) is 25.9 Å². The Labute approximate surface area is 174 Å². The lowest BCUT2D eigenvalue weighted by atomic mass is 10.1. The van der Waals surface area contributed by atoms with Crippen LogP contribution in [0.2, 0.25) is 0 Å². The first-order valence-electron chi connectivity index (χ1n) is 9.84. The summed E-state index contributed by atoms with van der Waals surface area (Å²) in [6, 6.07) is 20.7. The number of pyridine rings is 1. The topological polar surface area (TPSA) is 76.9 Å². The van der Waals surface area contributed by atoms with E-state index in [1.54, 1.807) is 18.5 Å². The first kappa shape index (κ1) is 19.5. The molecule has 0 aliphatic rings. The summed E-state index contributed by atoms with van der Waals surface area (Å²) in [6.45, 7) is 1.78. The van der Waals surface area contributed by atoms with Gasteiger partial charge in [0.25, 0.3) is 5.56 Å². The van der Waals surface area contributed by atoms with Crippen molar-refractivity contribution in [3.05, 3.63) is 106 Å². The summed E-state index contributed by atoms with van der Waals surface area (Å²) in [4.78, 5) is 29.6. The number of benzene rings is 2. The Kier molecular flexibility index (Phi) is 5.66. The maximum absolute atomic E-state index is 12.9. The van der Waals surface area contributed by atoms with E-state index in [1.807, 2.05) is 67.6 Å². The number of hydrogen-bond acceptors (Lipinski definition) is 4. The molecule has 2 aromatic heterocycles. The highest BCUT2D eigenvalue weighted by molar-refractivity contribution is 5.84. The van der Waals surface area contributed by atoms with Crippen LogP contribution in [-0.4, -0.2) is 20.7 Å². The second-order valence-corrected chi connectivity index (χ2v) is 7.19. The standard InChI is InChI=1S/C24H22N4O2/c1-17(19-7-3-2-4-8-19)26-23(29)16-28-24(30)21-10-6-5-9-20(21)22(27-28)15-18-11-13-25-14-12-18/h2-14,17H,15-16H2,1H3,(H,26,29)/t17-/m0/s1. The van der Waals surface area contributed by atoms with Crippen LogP contribution in [0.4, 0.5) is 0 Å². The van der Waals surface area contributed by atoms with Crippen molar-refractivity contribution < 1.29 is 4.79 Å². The third-order valence-electron chi connectivity index (χ3n) is 5.04. The second-order valence-electron chi connectivity index (χ2n) is 7.19. The van der Waals surface area contributed by atoms with Gasteiger partial charge in [0.2, 0.25) is 5.91 Å². The van der Waals surface area contributed by atoms with Gasteiger partial charge in [-0.05, 0) is 36.2 Å². The van der Waals surface area contributed by atoms with Gasteiger partial charge in [-0.25, -0.2) is 4.68 Å². The zero-order valence-corrected chi connectivity index (χ0v) is 16.7. The molecule has 30 heavy (non-hydrogen) atoms. The SMILES string of the molecule is C[C@H](NC(=O)Cn1nc(Cc2ccncc2)c2ccccc2c1=O)c1ccccc1. The van der Waals surface area contributed by atoms with Crippen LogP contribution in [0.15, 0.2) is 83.9 Å². The molecule has 6 heteroatoms. The Morgan fingerprint density at radius 1 is 0.967 bits per heavy atom. The molecule has 0 unspecified atom stereocenters. The van der Waals surface area contributed by atoms with Crippen molar-refractivity contribution in [2.24, 2.45) is 0 Å². The fourth-order valence-electron chi connectivity index (χ4n) is 3.49. The van der Waals surface area contributed by atoms with Crippen molar-refractivity contribution >= 4 is 16.7 Å². The van der Waals surface area contributed by atoms with E-state index in [1.165, 1.54) is 4.68 Å². The smallest absolute Gasteiger partial charge is 0.275 e. The summed E-state index contributed by atoms with van der Waals surface area (Å²) in [5, 5.41) is 8.84. The van der Waals surface area contributed by atoms with Crippen molar-refractivity contribution in [3.63, 3.8) is 0 Å². The van der Waals surface area contributed by atoms with Gasteiger partial charge < -0.3 is 5.32 Å². The number of nitrogens with zero attached hydrogens (tertiary/aromatic N) is 3. The van der Waals surface area contributed by atoms with Crippen molar-refractivity contribution in [1.82, 2.24) is 20.1 Å². The van der Waals surface area contributed by atoms with Gasteiger partial charge in [-0.3, -0.25) is 14.6 Å². The molecule has 0 spiro atoms. The van der Waals surface area contributed by atoms with Crippen LogP contribution in [0.1, 0.15) is 29.8 Å². The normalized spacial score (nSPS) is 11.9. The highest BCUT2D eigenvalue weighted by Crippen LogP contribution is 2.17. The number of amides is 1. The van der Waals surface area contributed by atoms with Crippen LogP contribution < -0.4 is 10.9 Å². The number of rotatable bonds is 6. The van der Waals surface area contributed by atoms with Gasteiger partial charge in [0.15, 0.2) is 0 Å². The number of hydrogen-bond donors (Lipinski definition) is 1. The van der Waals surface area contributed by atoms with E-state index in [0.717, 1.165) is 22.2 Å². The second kappa shape index (κ2) is 8.69. The molecule has 1 amide bonds. The zero-order chi connectivity index (χ0) is 20.9. The highest BCUT2D eigenvalue weighted by Gasteiger charge is 2.15. The largest absolute Gasteiger partial charge is 0.348 e. The molecule has 0 bridgehead atoms. The molecule has 2 heterocycles. The molecule has 6 nitrogen and oxygen atoms in total. The molecule has 0 saturated heterocycles. The number of aromatic nitrogens is 3. The van der Waals surface area contributed by atoms with E-state index in [-0.39, 0.29) is 24.1 Å². The highest BCUT2D eigenvalue weighted by atomic mass is 16.2. The van der Waals surface area contributed by atoms with Crippen LogP contribution in [0.25, 0.3) is 10.8 Å². The molecule has 1 atom stereocenters. The molecule has 1 N–H and O–H groups in total. The van der Waals surface area contributed by atoms with E-state index in [0.29, 0.717) is 11.8 Å². The monoisotopic (exact) mass is 398 g/mol. The first-order chi connectivity index (χ1) is 14.6. The summed E-state index contributed by atoms with van der Waals surface area (Å²) in [5.41, 5.74) is 2.52. The third-order valence-corrected chi connectivity index (χ3v) is 5.04. The van der Waals surface area contributed by atoms with E-state index < -0.39 is 0 Å². The molecule has 0 radical (unpaired) electrons. The third kappa shape index (κ3) is 4.27. The summed E-state index contributed by atoms with van der Waals surface area (Å²) < 4.78 is 1.26. The molecule has 150 valence electrons. The van der Waals surface area contributed by atoms with Crippen LogP contribution >= 0.6 is 0 Å². The van der Waals surface area contributed by atoms with Gasteiger partial charge in [0, 0.05) is 24.2 Å². The molecule has 0 aliphatic heterocycles. The maximum atomic E-state index is 12.9. The predicted molar refractivity (Wildman–Crippen MR) is 116 cm³/mol. The lowest BCUT2D eigenvalue weighted by Gasteiger charge is -2.15. The van der Waals surface area contributed by atoms with Gasteiger partial charge in [-0.2, -0.15) is 5.10 Å². The van der Waals surface area contributed by atoms with Gasteiger partial charge in [-0.15, -0.1) is 0 Å². The minimum absolute atomic E-state index is 0.135. The van der Waals surface area contributed by atoms with E-state index in [2.05, 4.69) is 15.4 Å². The Bertz CT molecular complexity index is 1220. The van der Waals surface area contributed by atoms with E-state index in [9.17, 15) is 9.59 Å². The number of fused-ring (bicyclic) bond motifs is 1. The van der Waals surface area contributed by atoms with Crippen LogP contribution in [0, 0.1) is 0 Å². The van der Waals surface area contributed by atoms with E-state index in [4.69, 9.17) is 0 Å². The number of carbonyl (C=O) groups is 1. The average molecular weight is 398 g/mol. The van der Waals surface area contributed by atoms with Gasteiger partial charge in [-0.1, -0.05) is 48.5 Å². The van der Waals surface area contributed by atoms with Crippen molar-refractivity contribution in [3.8, 4) is 0 Å². The lowest BCUT2D eigenvalue weighted by Crippen LogP contribution is -2.35. The molecule has 0 saturated carbocycles. The van der Waals surface area contributed by atoms with Crippen molar-refractivity contribution in [1.29, 1.82) is 0 Å². The maximum Gasteiger partial charge on any atom is 0.275 e. The molecular weight excluding hydrogens is 376 g/mol. The van der Waals surface area contributed by atoms with Gasteiger partial charge in [0.1, 0.15) is 6.54 Å². The first-order valence-corrected chi connectivity index (χ1v) is 9.84. The molecule has 4 rings (SSSR count). The van der Waals surface area contributed by atoms with Crippen LogP contribution in [0.5, 0.6) is 0 Å². The molecule has 0 fully saturated rings. The Morgan fingerprint density at radius 2 is 1.63 bits per heavy atom. The van der Waals surface area contributed by atoms with Gasteiger partial charge in [0.05, 0.1) is 17.1 Å². The minimum atomic E-state index is -0.272. The lowest BCUT2D eigenvalue weighted by molar-refractivity contribution is -0.122. The number of nitrogens with one attached hydrogen (secondary N) is 1. The summed E-state index contributed by atoms with van der Waals surface area (Å²) in [7, 11) is 0. The molecular formula is C24H22N4O2. The Balaban J connectivity index is 1.63.